The van der Waals surface area contributed by atoms with Crippen LogP contribution in [-0.4, -0.2) is 7.11 Å². The normalized spacial score (nSPS) is 13.9. The lowest BCUT2D eigenvalue weighted by Crippen LogP contribution is -2.34. The Labute approximate surface area is 115 Å². The fourth-order valence-corrected chi connectivity index (χ4v) is 2.32. The van der Waals surface area contributed by atoms with Gasteiger partial charge in [0.2, 0.25) is 0 Å². The molecular formula is C17H21NO. The first-order valence-electron chi connectivity index (χ1n) is 6.61. The van der Waals surface area contributed by atoms with Gasteiger partial charge in [-0.05, 0) is 30.5 Å². The third-order valence-electron chi connectivity index (χ3n) is 3.63. The van der Waals surface area contributed by atoms with Crippen molar-refractivity contribution in [2.24, 2.45) is 5.73 Å². The quantitative estimate of drug-likeness (QED) is 0.907. The maximum atomic E-state index is 6.55. The van der Waals surface area contributed by atoms with Gasteiger partial charge in [0.05, 0.1) is 12.6 Å². The zero-order valence-electron chi connectivity index (χ0n) is 11.8. The molecule has 0 aliphatic heterocycles. The standard InChI is InChI=1S/C17H21NO/c1-4-13-9-11-14(12-10-13)17(2,18)15-7-5-6-8-16(15)19-3/h5-12H,4,18H2,1-3H3. The van der Waals surface area contributed by atoms with E-state index in [1.54, 1.807) is 7.11 Å². The van der Waals surface area contributed by atoms with E-state index >= 15 is 0 Å². The van der Waals surface area contributed by atoms with Crippen molar-refractivity contribution in [2.45, 2.75) is 25.8 Å². The Hall–Kier alpha value is -1.80. The van der Waals surface area contributed by atoms with Crippen LogP contribution in [0.2, 0.25) is 0 Å². The van der Waals surface area contributed by atoms with Crippen molar-refractivity contribution in [3.8, 4) is 5.75 Å². The molecule has 0 heterocycles. The predicted octanol–water partition coefficient (Wildman–Crippen LogP) is 3.48. The van der Waals surface area contributed by atoms with Crippen molar-refractivity contribution in [3.05, 3.63) is 65.2 Å². The van der Waals surface area contributed by atoms with Gasteiger partial charge < -0.3 is 10.5 Å². The van der Waals surface area contributed by atoms with Crippen LogP contribution in [0.5, 0.6) is 5.75 Å². The molecule has 2 nitrogen and oxygen atoms in total. The van der Waals surface area contributed by atoms with Crippen LogP contribution in [0.4, 0.5) is 0 Å². The summed E-state index contributed by atoms with van der Waals surface area (Å²) in [6.07, 6.45) is 1.04. The van der Waals surface area contributed by atoms with Crippen LogP contribution in [0, 0.1) is 0 Å². The molecule has 2 rings (SSSR count). The molecule has 0 saturated carbocycles. The Morgan fingerprint density at radius 3 is 2.26 bits per heavy atom. The second kappa shape index (κ2) is 5.45. The van der Waals surface area contributed by atoms with Crippen LogP contribution in [0.15, 0.2) is 48.5 Å². The van der Waals surface area contributed by atoms with Crippen LogP contribution < -0.4 is 10.5 Å². The summed E-state index contributed by atoms with van der Waals surface area (Å²) >= 11 is 0. The summed E-state index contributed by atoms with van der Waals surface area (Å²) in [7, 11) is 1.68. The zero-order valence-corrected chi connectivity index (χ0v) is 11.8. The molecule has 2 aromatic rings. The monoisotopic (exact) mass is 255 g/mol. The molecule has 0 spiro atoms. The Bertz CT molecular complexity index is 543. The molecule has 19 heavy (non-hydrogen) atoms. The van der Waals surface area contributed by atoms with Crippen LogP contribution in [0.1, 0.15) is 30.5 Å². The van der Waals surface area contributed by atoms with E-state index in [1.165, 1.54) is 5.56 Å². The number of benzene rings is 2. The van der Waals surface area contributed by atoms with Gasteiger partial charge in [-0.15, -0.1) is 0 Å². The molecular weight excluding hydrogens is 234 g/mol. The summed E-state index contributed by atoms with van der Waals surface area (Å²) in [6, 6.07) is 16.4. The summed E-state index contributed by atoms with van der Waals surface area (Å²) in [5.74, 6) is 0.826. The van der Waals surface area contributed by atoms with Gasteiger partial charge in [-0.25, -0.2) is 0 Å². The van der Waals surface area contributed by atoms with Gasteiger partial charge in [-0.1, -0.05) is 49.4 Å². The third kappa shape index (κ3) is 2.64. The Morgan fingerprint density at radius 1 is 1.05 bits per heavy atom. The molecule has 0 amide bonds. The van der Waals surface area contributed by atoms with Crippen molar-refractivity contribution in [2.75, 3.05) is 7.11 Å². The lowest BCUT2D eigenvalue weighted by atomic mass is 9.84. The highest BCUT2D eigenvalue weighted by molar-refractivity contribution is 5.45. The van der Waals surface area contributed by atoms with Gasteiger partial charge in [-0.3, -0.25) is 0 Å². The SMILES string of the molecule is CCc1ccc(C(C)(N)c2ccccc2OC)cc1. The maximum Gasteiger partial charge on any atom is 0.124 e. The molecule has 1 unspecified atom stereocenters. The topological polar surface area (TPSA) is 35.2 Å². The molecule has 0 fully saturated rings. The molecule has 0 bridgehead atoms. The highest BCUT2D eigenvalue weighted by Crippen LogP contribution is 2.33. The van der Waals surface area contributed by atoms with Crippen molar-refractivity contribution in [3.63, 3.8) is 0 Å². The van der Waals surface area contributed by atoms with Crippen LogP contribution in [-0.2, 0) is 12.0 Å². The summed E-state index contributed by atoms with van der Waals surface area (Å²) in [5.41, 5.74) is 9.40. The van der Waals surface area contributed by atoms with Gasteiger partial charge in [0.1, 0.15) is 5.75 Å². The molecule has 0 saturated heterocycles. The summed E-state index contributed by atoms with van der Waals surface area (Å²) in [5, 5.41) is 0. The van der Waals surface area contributed by atoms with E-state index in [4.69, 9.17) is 10.5 Å². The fraction of sp³-hybridized carbons (Fsp3) is 0.294. The molecule has 2 N–H and O–H groups in total. The lowest BCUT2D eigenvalue weighted by Gasteiger charge is -2.27. The van der Waals surface area contributed by atoms with E-state index in [9.17, 15) is 0 Å². The van der Waals surface area contributed by atoms with Crippen LogP contribution in [0.3, 0.4) is 0 Å². The molecule has 1 atom stereocenters. The van der Waals surface area contributed by atoms with Gasteiger partial charge in [0.25, 0.3) is 0 Å². The number of aryl methyl sites for hydroxylation is 1. The number of ether oxygens (including phenoxy) is 1. The summed E-state index contributed by atoms with van der Waals surface area (Å²) in [6.45, 7) is 4.17. The first-order valence-corrected chi connectivity index (χ1v) is 6.61. The summed E-state index contributed by atoms with van der Waals surface area (Å²) in [4.78, 5) is 0. The minimum absolute atomic E-state index is 0.557. The molecule has 2 heteroatoms. The first kappa shape index (κ1) is 13.6. The highest BCUT2D eigenvalue weighted by atomic mass is 16.5. The van der Waals surface area contributed by atoms with E-state index in [0.717, 1.165) is 23.3 Å². The lowest BCUT2D eigenvalue weighted by molar-refractivity contribution is 0.399. The van der Waals surface area contributed by atoms with E-state index in [-0.39, 0.29) is 0 Å². The minimum Gasteiger partial charge on any atom is -0.496 e. The van der Waals surface area contributed by atoms with Gasteiger partial charge in [0.15, 0.2) is 0 Å². The number of para-hydroxylation sites is 1. The van der Waals surface area contributed by atoms with Crippen molar-refractivity contribution in [1.29, 1.82) is 0 Å². The molecule has 2 aromatic carbocycles. The fourth-order valence-electron chi connectivity index (χ4n) is 2.32. The maximum absolute atomic E-state index is 6.55. The number of rotatable bonds is 4. The Morgan fingerprint density at radius 2 is 1.68 bits per heavy atom. The molecule has 0 aliphatic rings. The van der Waals surface area contributed by atoms with Gasteiger partial charge >= 0.3 is 0 Å². The van der Waals surface area contributed by atoms with Gasteiger partial charge in [-0.2, -0.15) is 0 Å². The Balaban J connectivity index is 2.45. The smallest absolute Gasteiger partial charge is 0.124 e. The number of methoxy groups -OCH3 is 1. The number of nitrogens with two attached hydrogens (primary N) is 1. The molecule has 0 aliphatic carbocycles. The van der Waals surface area contributed by atoms with Crippen LogP contribution in [0.25, 0.3) is 0 Å². The predicted molar refractivity (Wildman–Crippen MR) is 79.5 cm³/mol. The average molecular weight is 255 g/mol. The van der Waals surface area contributed by atoms with Crippen molar-refractivity contribution >= 4 is 0 Å². The second-order valence-electron chi connectivity index (χ2n) is 4.95. The zero-order chi connectivity index (χ0) is 13.9. The molecule has 0 aromatic heterocycles. The third-order valence-corrected chi connectivity index (χ3v) is 3.63. The first-order chi connectivity index (χ1) is 9.09. The highest BCUT2D eigenvalue weighted by Gasteiger charge is 2.26. The molecule has 0 radical (unpaired) electrons. The van der Waals surface area contributed by atoms with Crippen molar-refractivity contribution in [1.82, 2.24) is 0 Å². The molecule has 100 valence electrons. The van der Waals surface area contributed by atoms with E-state index < -0.39 is 5.54 Å². The van der Waals surface area contributed by atoms with Gasteiger partial charge in [0, 0.05) is 5.56 Å². The Kier molecular flexibility index (Phi) is 3.91. The van der Waals surface area contributed by atoms with E-state index in [0.29, 0.717) is 0 Å². The summed E-state index contributed by atoms with van der Waals surface area (Å²) < 4.78 is 5.42. The average Bonchev–Trinajstić information content (AvgIpc) is 2.47. The second-order valence-corrected chi connectivity index (χ2v) is 4.95. The number of hydrogen-bond donors (Lipinski definition) is 1. The minimum atomic E-state index is -0.557. The van der Waals surface area contributed by atoms with E-state index in [2.05, 4.69) is 31.2 Å². The van der Waals surface area contributed by atoms with E-state index in [1.807, 2.05) is 31.2 Å². The number of hydrogen-bond acceptors (Lipinski definition) is 2. The van der Waals surface area contributed by atoms with Crippen molar-refractivity contribution < 1.29 is 4.74 Å². The largest absolute Gasteiger partial charge is 0.496 e. The van der Waals surface area contributed by atoms with Crippen LogP contribution >= 0.6 is 0 Å².